The molecule has 0 bridgehead atoms. The van der Waals surface area contributed by atoms with E-state index in [-0.39, 0.29) is 10.5 Å². The van der Waals surface area contributed by atoms with E-state index in [0.717, 1.165) is 89.9 Å². The Morgan fingerprint density at radius 2 is 0.972 bits per heavy atom. The van der Waals surface area contributed by atoms with Crippen molar-refractivity contribution in [3.8, 4) is 18.2 Å². The molecule has 198 valence electrons. The van der Waals surface area contributed by atoms with Crippen LogP contribution in [-0.2, 0) is 10.0 Å². The summed E-state index contributed by atoms with van der Waals surface area (Å²) in [6.07, 6.45) is 18.2. The molecule has 1 rings (SSSR count). The van der Waals surface area contributed by atoms with Crippen LogP contribution in [0.15, 0.2) is 29.2 Å². The smallest absolute Gasteiger partial charge is 0.207 e. The molecule has 0 heterocycles. The van der Waals surface area contributed by atoms with Crippen LogP contribution < -0.4 is 0 Å². The first-order valence-corrected chi connectivity index (χ1v) is 15.2. The molecule has 0 aliphatic heterocycles. The summed E-state index contributed by atoms with van der Waals surface area (Å²) in [5.41, 5.74) is 0.204. The van der Waals surface area contributed by atoms with Crippen molar-refractivity contribution in [2.45, 2.75) is 120 Å². The number of benzene rings is 1. The van der Waals surface area contributed by atoms with Gasteiger partial charge in [-0.05, 0) is 37.8 Å². The van der Waals surface area contributed by atoms with E-state index in [4.69, 9.17) is 10.5 Å². The van der Waals surface area contributed by atoms with Gasteiger partial charge in [-0.3, -0.25) is 0 Å². The highest BCUT2D eigenvalue weighted by Gasteiger charge is 2.26. The minimum Gasteiger partial charge on any atom is -0.207 e. The van der Waals surface area contributed by atoms with Crippen molar-refractivity contribution in [2.75, 3.05) is 13.1 Å². The third-order valence-electron chi connectivity index (χ3n) is 6.52. The Bertz CT molecular complexity index is 907. The van der Waals surface area contributed by atoms with Crippen molar-refractivity contribution in [1.82, 2.24) is 4.31 Å². The van der Waals surface area contributed by atoms with Crippen LogP contribution in [-0.4, -0.2) is 25.8 Å². The molecule has 7 heteroatoms. The van der Waals surface area contributed by atoms with E-state index < -0.39 is 10.0 Å². The van der Waals surface area contributed by atoms with Crippen LogP contribution in [0.25, 0.3) is 0 Å². The molecule has 0 aliphatic carbocycles. The summed E-state index contributed by atoms with van der Waals surface area (Å²) in [4.78, 5) is 0.113. The maximum Gasteiger partial charge on any atom is 0.244 e. The van der Waals surface area contributed by atoms with Crippen LogP contribution in [0.4, 0.5) is 0 Å². The lowest BCUT2D eigenvalue weighted by molar-refractivity contribution is 0.383. The first-order valence-electron chi connectivity index (χ1n) is 13.8. The molecule has 0 aromatic heterocycles. The van der Waals surface area contributed by atoms with Gasteiger partial charge < -0.3 is 0 Å². The summed E-state index contributed by atoms with van der Waals surface area (Å²) in [5, 5.41) is 26.6. The highest BCUT2D eigenvalue weighted by Crippen LogP contribution is 2.22. The Hall–Kier alpha value is -2.40. The third kappa shape index (κ3) is 13.6. The molecule has 0 atom stereocenters. The SMILES string of the molecule is N#CCCCCCCCCCCN(CCCCCCCCCCC#N)S(=O)(=O)c1ccccc1C#N. The van der Waals surface area contributed by atoms with Crippen molar-refractivity contribution in [3.05, 3.63) is 29.8 Å². The second-order valence-corrected chi connectivity index (χ2v) is 11.4. The average Bonchev–Trinajstić information content (AvgIpc) is 2.89. The van der Waals surface area contributed by atoms with Gasteiger partial charge in [0, 0.05) is 25.9 Å². The van der Waals surface area contributed by atoms with Crippen LogP contribution in [0.1, 0.15) is 121 Å². The van der Waals surface area contributed by atoms with Crippen LogP contribution in [0.2, 0.25) is 0 Å². The highest BCUT2D eigenvalue weighted by atomic mass is 32.2. The van der Waals surface area contributed by atoms with Crippen molar-refractivity contribution >= 4 is 10.0 Å². The minimum absolute atomic E-state index is 0.113. The minimum atomic E-state index is -3.71. The van der Waals surface area contributed by atoms with E-state index in [1.807, 2.05) is 6.07 Å². The zero-order valence-corrected chi connectivity index (χ0v) is 22.8. The van der Waals surface area contributed by atoms with Crippen molar-refractivity contribution in [1.29, 1.82) is 15.8 Å². The van der Waals surface area contributed by atoms with E-state index in [1.54, 1.807) is 28.6 Å². The number of nitrogens with zero attached hydrogens (tertiary/aromatic N) is 4. The number of sulfonamides is 1. The molecule has 0 spiro atoms. The molecule has 0 saturated heterocycles. The molecule has 1 aromatic carbocycles. The van der Waals surface area contributed by atoms with Gasteiger partial charge in [-0.1, -0.05) is 89.2 Å². The number of rotatable bonds is 22. The number of hydrogen-bond acceptors (Lipinski definition) is 5. The largest absolute Gasteiger partial charge is 0.244 e. The first-order chi connectivity index (χ1) is 17.6. The normalized spacial score (nSPS) is 11.2. The zero-order chi connectivity index (χ0) is 26.3. The standard InChI is InChI=1S/C29H44N4O2S/c30-23-17-11-7-3-1-5-9-13-19-25-33(26-20-14-10-6-2-4-8-12-18-24-31)36(34,35)29-22-16-15-21-28(29)27-32/h15-16,21-22H,1-14,17-20,25-26H2. The van der Waals surface area contributed by atoms with Crippen LogP contribution in [0.5, 0.6) is 0 Å². The summed E-state index contributed by atoms with van der Waals surface area (Å²) < 4.78 is 28.4. The second kappa shape index (κ2) is 20.8. The Balaban J connectivity index is 2.49. The summed E-state index contributed by atoms with van der Waals surface area (Å²) >= 11 is 0. The average molecular weight is 513 g/mol. The predicted octanol–water partition coefficient (Wildman–Crippen LogP) is 7.62. The lowest BCUT2D eigenvalue weighted by Crippen LogP contribution is -2.33. The summed E-state index contributed by atoms with van der Waals surface area (Å²) in [5.74, 6) is 0. The number of hydrogen-bond donors (Lipinski definition) is 0. The van der Waals surface area contributed by atoms with Crippen LogP contribution >= 0.6 is 0 Å². The Morgan fingerprint density at radius 1 is 0.583 bits per heavy atom. The van der Waals surface area contributed by atoms with Gasteiger partial charge in [0.25, 0.3) is 0 Å². The molecule has 0 N–H and O–H groups in total. The van der Waals surface area contributed by atoms with E-state index in [1.165, 1.54) is 12.8 Å². The van der Waals surface area contributed by atoms with E-state index in [9.17, 15) is 13.7 Å². The van der Waals surface area contributed by atoms with Crippen LogP contribution in [0, 0.1) is 34.0 Å². The predicted molar refractivity (Wildman–Crippen MR) is 144 cm³/mol. The van der Waals surface area contributed by atoms with E-state index >= 15 is 0 Å². The molecule has 0 fully saturated rings. The molecule has 0 unspecified atom stereocenters. The Kier molecular flexibility index (Phi) is 18.2. The van der Waals surface area contributed by atoms with E-state index in [0.29, 0.717) is 25.9 Å². The fourth-order valence-electron chi connectivity index (χ4n) is 4.38. The van der Waals surface area contributed by atoms with Crippen LogP contribution in [0.3, 0.4) is 0 Å². The molecule has 0 radical (unpaired) electrons. The molecule has 36 heavy (non-hydrogen) atoms. The Morgan fingerprint density at radius 3 is 1.39 bits per heavy atom. The van der Waals surface area contributed by atoms with Gasteiger partial charge in [0.05, 0.1) is 22.6 Å². The lowest BCUT2D eigenvalue weighted by atomic mass is 10.1. The summed E-state index contributed by atoms with van der Waals surface area (Å²) in [7, 11) is -3.71. The van der Waals surface area contributed by atoms with Gasteiger partial charge >= 0.3 is 0 Å². The van der Waals surface area contributed by atoms with Gasteiger partial charge in [0.2, 0.25) is 10.0 Å². The molecule has 0 amide bonds. The lowest BCUT2D eigenvalue weighted by Gasteiger charge is -2.23. The first kappa shape index (κ1) is 31.6. The molecular weight excluding hydrogens is 468 g/mol. The quantitative estimate of drug-likeness (QED) is 0.148. The summed E-state index contributed by atoms with van der Waals surface area (Å²) in [6.45, 7) is 0.978. The van der Waals surface area contributed by atoms with Gasteiger partial charge in [-0.2, -0.15) is 20.1 Å². The fourth-order valence-corrected chi connectivity index (χ4v) is 6.04. The Labute approximate surface area is 220 Å². The molecule has 0 aliphatic rings. The third-order valence-corrected chi connectivity index (χ3v) is 8.47. The highest BCUT2D eigenvalue weighted by molar-refractivity contribution is 7.89. The van der Waals surface area contributed by atoms with E-state index in [2.05, 4.69) is 12.1 Å². The van der Waals surface area contributed by atoms with Crippen molar-refractivity contribution in [2.24, 2.45) is 0 Å². The zero-order valence-electron chi connectivity index (χ0n) is 22.0. The maximum absolute atomic E-state index is 13.4. The molecule has 0 saturated carbocycles. The molecule has 1 aromatic rings. The fraction of sp³-hybridized carbons (Fsp3) is 0.690. The van der Waals surface area contributed by atoms with Crippen molar-refractivity contribution in [3.63, 3.8) is 0 Å². The molecular formula is C29H44N4O2S. The topological polar surface area (TPSA) is 109 Å². The number of unbranched alkanes of at least 4 members (excludes halogenated alkanes) is 16. The van der Waals surface area contributed by atoms with Gasteiger partial charge in [0.1, 0.15) is 6.07 Å². The molecule has 6 nitrogen and oxygen atoms in total. The maximum atomic E-state index is 13.4. The number of nitriles is 3. The van der Waals surface area contributed by atoms with Gasteiger partial charge in [0.15, 0.2) is 0 Å². The van der Waals surface area contributed by atoms with Gasteiger partial charge in [-0.15, -0.1) is 0 Å². The summed E-state index contributed by atoms with van der Waals surface area (Å²) in [6, 6.07) is 12.9. The monoisotopic (exact) mass is 512 g/mol. The van der Waals surface area contributed by atoms with Crippen molar-refractivity contribution < 1.29 is 8.42 Å². The van der Waals surface area contributed by atoms with Gasteiger partial charge in [-0.25, -0.2) is 8.42 Å². The second-order valence-electron chi connectivity index (χ2n) is 9.49.